The summed E-state index contributed by atoms with van der Waals surface area (Å²) in [5.41, 5.74) is 5.64. The third kappa shape index (κ3) is 4.28. The number of amides is 1. The first-order chi connectivity index (χ1) is 7.19. The topological polar surface area (TPSA) is 55.6 Å². The number of carbonyl (C=O) groups is 1. The zero-order valence-electron chi connectivity index (χ0n) is 10.1. The highest BCUT2D eigenvalue weighted by molar-refractivity contribution is 5.85. The van der Waals surface area contributed by atoms with E-state index in [-0.39, 0.29) is 24.2 Å². The van der Waals surface area contributed by atoms with E-state index in [2.05, 4.69) is 0 Å². The van der Waals surface area contributed by atoms with Gasteiger partial charge >= 0.3 is 0 Å². The van der Waals surface area contributed by atoms with Crippen molar-refractivity contribution in [2.45, 2.75) is 19.8 Å². The minimum Gasteiger partial charge on any atom is -0.384 e. The Bertz CT molecular complexity index is 214. The van der Waals surface area contributed by atoms with Crippen LogP contribution in [-0.2, 0) is 9.53 Å². The Kier molecular flexibility index (Phi) is 7.72. The molecule has 0 aliphatic carbocycles. The highest BCUT2D eigenvalue weighted by atomic mass is 35.5. The van der Waals surface area contributed by atoms with Crippen molar-refractivity contribution in [3.63, 3.8) is 0 Å². The van der Waals surface area contributed by atoms with E-state index in [0.29, 0.717) is 19.1 Å². The van der Waals surface area contributed by atoms with Gasteiger partial charge in [0, 0.05) is 20.2 Å². The molecule has 4 nitrogen and oxygen atoms in total. The molecule has 2 atom stereocenters. The third-order valence-electron chi connectivity index (χ3n) is 3.00. The van der Waals surface area contributed by atoms with E-state index in [9.17, 15) is 4.79 Å². The van der Waals surface area contributed by atoms with Gasteiger partial charge < -0.3 is 15.4 Å². The SMILES string of the molecule is COCC(C)C(=O)N1CCCC(CN)C1.Cl. The van der Waals surface area contributed by atoms with Gasteiger partial charge in [-0.15, -0.1) is 12.4 Å². The van der Waals surface area contributed by atoms with Crippen LogP contribution in [0.25, 0.3) is 0 Å². The van der Waals surface area contributed by atoms with Crippen LogP contribution in [0.2, 0.25) is 0 Å². The fourth-order valence-electron chi connectivity index (χ4n) is 2.09. The molecule has 1 amide bonds. The molecule has 0 aromatic rings. The van der Waals surface area contributed by atoms with E-state index < -0.39 is 0 Å². The van der Waals surface area contributed by atoms with Gasteiger partial charge in [0.25, 0.3) is 0 Å². The average molecular weight is 251 g/mol. The number of ether oxygens (including phenoxy) is 1. The lowest BCUT2D eigenvalue weighted by molar-refractivity contribution is -0.138. The Morgan fingerprint density at radius 3 is 2.88 bits per heavy atom. The summed E-state index contributed by atoms with van der Waals surface area (Å²) in [4.78, 5) is 13.9. The van der Waals surface area contributed by atoms with Gasteiger partial charge in [0.15, 0.2) is 0 Å². The third-order valence-corrected chi connectivity index (χ3v) is 3.00. The largest absolute Gasteiger partial charge is 0.384 e. The summed E-state index contributed by atoms with van der Waals surface area (Å²) >= 11 is 0. The normalized spacial score (nSPS) is 22.4. The van der Waals surface area contributed by atoms with Crippen molar-refractivity contribution < 1.29 is 9.53 Å². The number of methoxy groups -OCH3 is 1. The summed E-state index contributed by atoms with van der Waals surface area (Å²) in [5.74, 6) is 0.652. The predicted octanol–water partition coefficient (Wildman–Crippen LogP) is 0.888. The molecule has 0 bridgehead atoms. The first kappa shape index (κ1) is 15.7. The van der Waals surface area contributed by atoms with Crippen LogP contribution in [0.5, 0.6) is 0 Å². The number of rotatable bonds is 4. The molecule has 2 unspecified atom stereocenters. The number of nitrogens with two attached hydrogens (primary N) is 1. The van der Waals surface area contributed by atoms with Crippen LogP contribution >= 0.6 is 12.4 Å². The summed E-state index contributed by atoms with van der Waals surface area (Å²) in [6.07, 6.45) is 2.23. The summed E-state index contributed by atoms with van der Waals surface area (Å²) in [5, 5.41) is 0. The Hall–Kier alpha value is -0.320. The van der Waals surface area contributed by atoms with Crippen LogP contribution < -0.4 is 5.73 Å². The van der Waals surface area contributed by atoms with Crippen LogP contribution in [0.15, 0.2) is 0 Å². The molecule has 1 saturated heterocycles. The number of piperidine rings is 1. The minimum atomic E-state index is -0.0356. The first-order valence-electron chi connectivity index (χ1n) is 5.66. The van der Waals surface area contributed by atoms with E-state index in [1.165, 1.54) is 0 Å². The summed E-state index contributed by atoms with van der Waals surface area (Å²) < 4.78 is 5.00. The lowest BCUT2D eigenvalue weighted by Gasteiger charge is -2.33. The zero-order chi connectivity index (χ0) is 11.3. The monoisotopic (exact) mass is 250 g/mol. The van der Waals surface area contributed by atoms with Crippen LogP contribution in [0, 0.1) is 11.8 Å². The molecule has 1 aliphatic heterocycles. The van der Waals surface area contributed by atoms with Gasteiger partial charge in [0.1, 0.15) is 0 Å². The fourth-order valence-corrected chi connectivity index (χ4v) is 2.09. The van der Waals surface area contributed by atoms with Crippen molar-refractivity contribution in [2.75, 3.05) is 33.4 Å². The highest BCUT2D eigenvalue weighted by Crippen LogP contribution is 2.17. The molecular formula is C11H23ClN2O2. The molecule has 0 aromatic heterocycles. The Balaban J connectivity index is 0.00000225. The van der Waals surface area contributed by atoms with Gasteiger partial charge in [0.2, 0.25) is 5.91 Å². The fraction of sp³-hybridized carbons (Fsp3) is 0.909. The van der Waals surface area contributed by atoms with Crippen LogP contribution in [-0.4, -0.2) is 44.2 Å². The van der Waals surface area contributed by atoms with Crippen molar-refractivity contribution >= 4 is 18.3 Å². The lowest BCUT2D eigenvalue weighted by Crippen LogP contribution is -2.44. The maximum atomic E-state index is 12.0. The molecule has 16 heavy (non-hydrogen) atoms. The van der Waals surface area contributed by atoms with Crippen LogP contribution in [0.3, 0.4) is 0 Å². The van der Waals surface area contributed by atoms with Crippen LogP contribution in [0.4, 0.5) is 0 Å². The van der Waals surface area contributed by atoms with Crippen molar-refractivity contribution in [3.05, 3.63) is 0 Å². The minimum absolute atomic E-state index is 0. The van der Waals surface area contributed by atoms with Gasteiger partial charge in [-0.05, 0) is 25.3 Å². The number of nitrogens with zero attached hydrogens (tertiary/aromatic N) is 1. The molecule has 1 aliphatic rings. The summed E-state index contributed by atoms with van der Waals surface area (Å²) in [6, 6.07) is 0. The van der Waals surface area contributed by atoms with Crippen molar-refractivity contribution in [2.24, 2.45) is 17.6 Å². The molecule has 0 aromatic carbocycles. The highest BCUT2D eigenvalue weighted by Gasteiger charge is 2.25. The molecule has 1 fully saturated rings. The van der Waals surface area contributed by atoms with Crippen LogP contribution in [0.1, 0.15) is 19.8 Å². The van der Waals surface area contributed by atoms with Gasteiger partial charge in [0.05, 0.1) is 12.5 Å². The number of carbonyl (C=O) groups excluding carboxylic acids is 1. The van der Waals surface area contributed by atoms with E-state index in [4.69, 9.17) is 10.5 Å². The number of hydrogen-bond acceptors (Lipinski definition) is 3. The van der Waals surface area contributed by atoms with Crippen molar-refractivity contribution in [1.82, 2.24) is 4.90 Å². The molecule has 1 rings (SSSR count). The smallest absolute Gasteiger partial charge is 0.227 e. The first-order valence-corrected chi connectivity index (χ1v) is 5.66. The summed E-state index contributed by atoms with van der Waals surface area (Å²) in [7, 11) is 1.63. The van der Waals surface area contributed by atoms with E-state index >= 15 is 0 Å². The Labute approximate surface area is 104 Å². The quantitative estimate of drug-likeness (QED) is 0.806. The van der Waals surface area contributed by atoms with Gasteiger partial charge in [-0.2, -0.15) is 0 Å². The number of halogens is 1. The maximum Gasteiger partial charge on any atom is 0.227 e. The second-order valence-electron chi connectivity index (χ2n) is 4.38. The van der Waals surface area contributed by atoms with Crippen molar-refractivity contribution in [1.29, 1.82) is 0 Å². The molecule has 2 N–H and O–H groups in total. The number of hydrogen-bond donors (Lipinski definition) is 1. The lowest BCUT2D eigenvalue weighted by atomic mass is 9.97. The van der Waals surface area contributed by atoms with E-state index in [1.807, 2.05) is 11.8 Å². The van der Waals surface area contributed by atoms with E-state index in [1.54, 1.807) is 7.11 Å². The Morgan fingerprint density at radius 2 is 2.31 bits per heavy atom. The molecule has 0 spiro atoms. The standard InChI is InChI=1S/C11H22N2O2.ClH/c1-9(8-15-2)11(14)13-5-3-4-10(6-12)7-13;/h9-10H,3-8,12H2,1-2H3;1H. The van der Waals surface area contributed by atoms with Crippen molar-refractivity contribution in [3.8, 4) is 0 Å². The summed E-state index contributed by atoms with van der Waals surface area (Å²) in [6.45, 7) is 4.80. The molecule has 1 heterocycles. The van der Waals surface area contributed by atoms with E-state index in [0.717, 1.165) is 25.9 Å². The molecular weight excluding hydrogens is 228 g/mol. The predicted molar refractivity (Wildman–Crippen MR) is 66.6 cm³/mol. The van der Waals surface area contributed by atoms with Gasteiger partial charge in [-0.1, -0.05) is 6.92 Å². The van der Waals surface area contributed by atoms with Gasteiger partial charge in [-0.25, -0.2) is 0 Å². The average Bonchev–Trinajstić information content (AvgIpc) is 2.28. The van der Waals surface area contributed by atoms with Gasteiger partial charge in [-0.3, -0.25) is 4.79 Å². The second-order valence-corrected chi connectivity index (χ2v) is 4.38. The zero-order valence-corrected chi connectivity index (χ0v) is 11.0. The molecule has 0 saturated carbocycles. The number of likely N-dealkylation sites (tertiary alicyclic amines) is 1. The second kappa shape index (κ2) is 7.87. The molecule has 5 heteroatoms. The molecule has 96 valence electrons. The maximum absolute atomic E-state index is 12.0. The molecule has 0 radical (unpaired) electrons. The Morgan fingerprint density at radius 1 is 1.62 bits per heavy atom.